The van der Waals surface area contributed by atoms with Crippen molar-refractivity contribution in [2.75, 3.05) is 18.1 Å². The second-order valence-corrected chi connectivity index (χ2v) is 6.41. The van der Waals surface area contributed by atoms with Crippen LogP contribution in [0.1, 0.15) is 46.0 Å². The van der Waals surface area contributed by atoms with Crippen molar-refractivity contribution in [2.45, 2.75) is 52.0 Å². The summed E-state index contributed by atoms with van der Waals surface area (Å²) in [5, 5.41) is 12.1. The second kappa shape index (κ2) is 7.19. The average Bonchev–Trinajstić information content (AvgIpc) is 2.25. The molecule has 1 unspecified atom stereocenters. The number of rotatable bonds is 6. The van der Waals surface area contributed by atoms with Gasteiger partial charge in [0, 0.05) is 6.04 Å². The van der Waals surface area contributed by atoms with E-state index in [0.29, 0.717) is 17.2 Å². The van der Waals surface area contributed by atoms with Crippen molar-refractivity contribution >= 4 is 11.8 Å². The standard InChI is InChI=1S/C13H24N2S/c1-13(2)7-4-3-6-12(13)15-9-5-10-16-11-8-14/h12,15H,3-7,9-11H2,1-2H3. The fourth-order valence-corrected chi connectivity index (χ4v) is 3.02. The Hall–Kier alpha value is -0.200. The maximum Gasteiger partial charge on any atom is 0.0808 e. The van der Waals surface area contributed by atoms with Gasteiger partial charge in [0.15, 0.2) is 0 Å². The van der Waals surface area contributed by atoms with E-state index in [0.717, 1.165) is 12.3 Å². The number of hydrogen-bond donors (Lipinski definition) is 1. The number of nitriles is 1. The molecule has 1 atom stereocenters. The van der Waals surface area contributed by atoms with Gasteiger partial charge in [0.2, 0.25) is 0 Å². The summed E-state index contributed by atoms with van der Waals surface area (Å²) in [7, 11) is 0. The molecule has 0 radical (unpaired) electrons. The van der Waals surface area contributed by atoms with E-state index >= 15 is 0 Å². The number of hydrogen-bond acceptors (Lipinski definition) is 3. The minimum absolute atomic E-state index is 0.470. The van der Waals surface area contributed by atoms with Gasteiger partial charge in [-0.2, -0.15) is 5.26 Å². The number of thioether (sulfide) groups is 1. The van der Waals surface area contributed by atoms with Crippen LogP contribution < -0.4 is 5.32 Å². The Labute approximate surface area is 104 Å². The van der Waals surface area contributed by atoms with E-state index in [1.807, 2.05) is 0 Å². The van der Waals surface area contributed by atoms with Crippen molar-refractivity contribution in [3.05, 3.63) is 0 Å². The van der Waals surface area contributed by atoms with E-state index in [4.69, 9.17) is 5.26 Å². The van der Waals surface area contributed by atoms with Crippen molar-refractivity contribution in [1.82, 2.24) is 5.32 Å². The summed E-state index contributed by atoms with van der Waals surface area (Å²) >= 11 is 1.74. The summed E-state index contributed by atoms with van der Waals surface area (Å²) in [5.74, 6) is 1.74. The lowest BCUT2D eigenvalue weighted by atomic mass is 9.73. The summed E-state index contributed by atoms with van der Waals surface area (Å²) in [6.07, 6.45) is 6.64. The Bertz CT molecular complexity index is 233. The Morgan fingerprint density at radius 2 is 2.25 bits per heavy atom. The fraction of sp³-hybridized carbons (Fsp3) is 0.923. The number of nitrogens with zero attached hydrogens (tertiary/aromatic N) is 1. The van der Waals surface area contributed by atoms with Gasteiger partial charge in [-0.25, -0.2) is 0 Å². The van der Waals surface area contributed by atoms with Crippen LogP contribution in [0.15, 0.2) is 0 Å². The van der Waals surface area contributed by atoms with Crippen LogP contribution in [0.25, 0.3) is 0 Å². The lowest BCUT2D eigenvalue weighted by Crippen LogP contribution is -2.44. The zero-order chi connectivity index (χ0) is 11.9. The lowest BCUT2D eigenvalue weighted by molar-refractivity contribution is 0.168. The molecular weight excluding hydrogens is 216 g/mol. The average molecular weight is 240 g/mol. The molecule has 0 aromatic heterocycles. The third-order valence-corrected chi connectivity index (χ3v) is 4.44. The zero-order valence-corrected chi connectivity index (χ0v) is 11.4. The van der Waals surface area contributed by atoms with E-state index in [9.17, 15) is 0 Å². The van der Waals surface area contributed by atoms with Crippen LogP contribution in [0.4, 0.5) is 0 Å². The second-order valence-electron chi connectivity index (χ2n) is 5.31. The van der Waals surface area contributed by atoms with Crippen LogP contribution in [0.3, 0.4) is 0 Å². The first kappa shape index (κ1) is 13.9. The highest BCUT2D eigenvalue weighted by atomic mass is 32.2. The zero-order valence-electron chi connectivity index (χ0n) is 10.6. The Balaban J connectivity index is 2.10. The molecule has 0 bridgehead atoms. The highest BCUT2D eigenvalue weighted by molar-refractivity contribution is 7.99. The molecule has 2 nitrogen and oxygen atoms in total. The molecule has 0 aromatic carbocycles. The molecule has 1 N–H and O–H groups in total. The summed E-state index contributed by atoms with van der Waals surface area (Å²) in [5.41, 5.74) is 0.470. The minimum atomic E-state index is 0.470. The lowest BCUT2D eigenvalue weighted by Gasteiger charge is -2.39. The van der Waals surface area contributed by atoms with Crippen LogP contribution in [-0.2, 0) is 0 Å². The van der Waals surface area contributed by atoms with Gasteiger partial charge in [-0.05, 0) is 37.0 Å². The van der Waals surface area contributed by atoms with E-state index in [1.165, 1.54) is 32.1 Å². The van der Waals surface area contributed by atoms with Gasteiger partial charge in [0.05, 0.1) is 11.8 Å². The quantitative estimate of drug-likeness (QED) is 0.724. The van der Waals surface area contributed by atoms with Gasteiger partial charge < -0.3 is 5.32 Å². The molecule has 0 saturated heterocycles. The summed E-state index contributed by atoms with van der Waals surface area (Å²) in [6, 6.07) is 2.86. The highest BCUT2D eigenvalue weighted by Gasteiger charge is 2.31. The molecule has 1 fully saturated rings. The van der Waals surface area contributed by atoms with E-state index < -0.39 is 0 Å². The van der Waals surface area contributed by atoms with E-state index in [1.54, 1.807) is 11.8 Å². The molecule has 16 heavy (non-hydrogen) atoms. The predicted molar refractivity (Wildman–Crippen MR) is 71.6 cm³/mol. The van der Waals surface area contributed by atoms with E-state index in [-0.39, 0.29) is 0 Å². The van der Waals surface area contributed by atoms with Crippen molar-refractivity contribution in [1.29, 1.82) is 5.26 Å². The van der Waals surface area contributed by atoms with Crippen LogP contribution in [0.2, 0.25) is 0 Å². The van der Waals surface area contributed by atoms with Crippen LogP contribution in [0, 0.1) is 16.7 Å². The molecule has 0 heterocycles. The molecule has 3 heteroatoms. The van der Waals surface area contributed by atoms with Crippen LogP contribution in [-0.4, -0.2) is 24.1 Å². The molecule has 0 aliphatic heterocycles. The first-order valence-corrected chi connectivity index (χ1v) is 7.50. The van der Waals surface area contributed by atoms with Gasteiger partial charge >= 0.3 is 0 Å². The monoisotopic (exact) mass is 240 g/mol. The molecule has 0 spiro atoms. The van der Waals surface area contributed by atoms with Crippen LogP contribution >= 0.6 is 11.8 Å². The molecule has 1 saturated carbocycles. The fourth-order valence-electron chi connectivity index (χ4n) is 2.44. The summed E-state index contributed by atoms with van der Waals surface area (Å²) < 4.78 is 0. The third kappa shape index (κ3) is 4.76. The maximum absolute atomic E-state index is 8.41. The smallest absolute Gasteiger partial charge is 0.0808 e. The third-order valence-electron chi connectivity index (χ3n) is 3.53. The molecule has 0 amide bonds. The first-order valence-electron chi connectivity index (χ1n) is 6.35. The highest BCUT2D eigenvalue weighted by Crippen LogP contribution is 2.35. The molecule has 1 aliphatic rings. The van der Waals surface area contributed by atoms with Crippen molar-refractivity contribution < 1.29 is 0 Å². The largest absolute Gasteiger partial charge is 0.313 e. The van der Waals surface area contributed by atoms with Gasteiger partial charge in [-0.15, -0.1) is 11.8 Å². The molecule has 0 aromatic rings. The Morgan fingerprint density at radius 3 is 2.94 bits per heavy atom. The van der Waals surface area contributed by atoms with Gasteiger partial charge in [-0.3, -0.25) is 0 Å². The first-order chi connectivity index (χ1) is 7.67. The normalized spacial score (nSPS) is 23.9. The van der Waals surface area contributed by atoms with Gasteiger partial charge in [0.25, 0.3) is 0 Å². The topological polar surface area (TPSA) is 35.8 Å². The predicted octanol–water partition coefficient (Wildman–Crippen LogP) is 3.19. The van der Waals surface area contributed by atoms with Crippen molar-refractivity contribution in [3.63, 3.8) is 0 Å². The Morgan fingerprint density at radius 1 is 1.44 bits per heavy atom. The Kier molecular flexibility index (Phi) is 6.23. The molecule has 1 rings (SSSR count). The molecular formula is C13H24N2S. The van der Waals surface area contributed by atoms with Gasteiger partial charge in [-0.1, -0.05) is 26.7 Å². The summed E-state index contributed by atoms with van der Waals surface area (Å²) in [6.45, 7) is 5.87. The maximum atomic E-state index is 8.41. The molecule has 1 aliphatic carbocycles. The van der Waals surface area contributed by atoms with Crippen molar-refractivity contribution in [2.24, 2.45) is 5.41 Å². The summed E-state index contributed by atoms with van der Waals surface area (Å²) in [4.78, 5) is 0. The van der Waals surface area contributed by atoms with Crippen molar-refractivity contribution in [3.8, 4) is 6.07 Å². The van der Waals surface area contributed by atoms with Crippen LogP contribution in [0.5, 0.6) is 0 Å². The van der Waals surface area contributed by atoms with E-state index in [2.05, 4.69) is 25.2 Å². The number of nitrogens with one attached hydrogen (secondary N) is 1. The van der Waals surface area contributed by atoms with Gasteiger partial charge in [0.1, 0.15) is 0 Å². The SMILES string of the molecule is CC1(C)CCCCC1NCCCSCC#N. The minimum Gasteiger partial charge on any atom is -0.313 e. The molecule has 92 valence electrons.